The first-order valence-electron chi connectivity index (χ1n) is 8.97. The van der Waals surface area contributed by atoms with Crippen molar-refractivity contribution in [1.82, 2.24) is 15.6 Å². The highest BCUT2D eigenvalue weighted by Crippen LogP contribution is 2.09. The van der Waals surface area contributed by atoms with E-state index in [1.165, 1.54) is 4.88 Å². The fraction of sp³-hybridized carbons (Fsp3) is 0.300. The summed E-state index contributed by atoms with van der Waals surface area (Å²) < 4.78 is 5.38. The van der Waals surface area contributed by atoms with Crippen LogP contribution in [0.5, 0.6) is 0 Å². The van der Waals surface area contributed by atoms with Gasteiger partial charge in [0, 0.05) is 43.5 Å². The third kappa shape index (κ3) is 8.20. The van der Waals surface area contributed by atoms with Gasteiger partial charge in [0.15, 0.2) is 5.96 Å². The summed E-state index contributed by atoms with van der Waals surface area (Å²) in [5.41, 5.74) is 1.14. The molecule has 2 N–H and O–H groups in total. The molecule has 0 spiro atoms. The summed E-state index contributed by atoms with van der Waals surface area (Å²) in [6.07, 6.45) is 6.13. The molecule has 150 valence electrons. The Morgan fingerprint density at radius 1 is 1.07 bits per heavy atom. The van der Waals surface area contributed by atoms with Crippen LogP contribution in [0.25, 0.3) is 0 Å². The molecule has 3 aromatic heterocycles. The van der Waals surface area contributed by atoms with Gasteiger partial charge in [-0.2, -0.15) is 0 Å². The van der Waals surface area contributed by atoms with Gasteiger partial charge >= 0.3 is 0 Å². The van der Waals surface area contributed by atoms with Crippen molar-refractivity contribution < 1.29 is 4.42 Å². The second-order valence-corrected chi connectivity index (χ2v) is 7.40. The van der Waals surface area contributed by atoms with E-state index < -0.39 is 0 Å². The monoisotopic (exact) mass is 530 g/mol. The number of aromatic nitrogens is 1. The molecule has 0 bridgehead atoms. The quantitative estimate of drug-likeness (QED) is 0.184. The molecule has 0 aliphatic carbocycles. The van der Waals surface area contributed by atoms with Gasteiger partial charge < -0.3 is 15.1 Å². The number of furan rings is 1. The largest absolute Gasteiger partial charge is 0.469 e. The molecular formula is C20H24ClIN4OS. The number of nitrogens with zero attached hydrogens (tertiary/aromatic N) is 2. The number of halogens is 2. The highest BCUT2D eigenvalue weighted by atomic mass is 127. The maximum Gasteiger partial charge on any atom is 0.191 e. The van der Waals surface area contributed by atoms with Gasteiger partial charge in [-0.1, -0.05) is 23.7 Å². The molecule has 3 aromatic rings. The Bertz CT molecular complexity index is 807. The number of hydrogen-bond acceptors (Lipinski definition) is 4. The van der Waals surface area contributed by atoms with E-state index in [0.717, 1.165) is 56.2 Å². The van der Waals surface area contributed by atoms with E-state index in [-0.39, 0.29) is 24.0 Å². The summed E-state index contributed by atoms with van der Waals surface area (Å²) in [7, 11) is 0. The van der Waals surface area contributed by atoms with E-state index >= 15 is 0 Å². The van der Waals surface area contributed by atoms with E-state index in [9.17, 15) is 0 Å². The summed E-state index contributed by atoms with van der Waals surface area (Å²) in [5.74, 6) is 1.78. The van der Waals surface area contributed by atoms with Crippen LogP contribution in [-0.2, 0) is 19.3 Å². The van der Waals surface area contributed by atoms with Crippen LogP contribution in [0.2, 0.25) is 5.15 Å². The smallest absolute Gasteiger partial charge is 0.191 e. The Hall–Kier alpha value is -1.58. The summed E-state index contributed by atoms with van der Waals surface area (Å²) in [6, 6.07) is 11.9. The Balaban J connectivity index is 0.00000280. The average Bonchev–Trinajstić information content (AvgIpc) is 3.37. The lowest BCUT2D eigenvalue weighted by atomic mass is 10.2. The van der Waals surface area contributed by atoms with E-state index in [0.29, 0.717) is 5.15 Å². The fourth-order valence-corrected chi connectivity index (χ4v) is 3.36. The zero-order valence-corrected chi connectivity index (χ0v) is 19.3. The standard InChI is InChI=1S/C20H23ClN4OS.HI/c21-19-6-5-16(15-25-19)7-10-22-20(23-11-8-17-3-1-13-26-17)24-12-9-18-4-2-14-27-18;/h1-6,13-15H,7-12H2,(H2,22,23,24);1H. The maximum absolute atomic E-state index is 5.83. The van der Waals surface area contributed by atoms with Crippen LogP contribution in [0.4, 0.5) is 0 Å². The summed E-state index contributed by atoms with van der Waals surface area (Å²) in [4.78, 5) is 10.2. The third-order valence-electron chi connectivity index (χ3n) is 3.95. The molecule has 0 saturated heterocycles. The molecule has 0 aliphatic rings. The van der Waals surface area contributed by atoms with Crippen LogP contribution in [0.1, 0.15) is 16.2 Å². The van der Waals surface area contributed by atoms with Gasteiger partial charge in [-0.25, -0.2) is 4.98 Å². The molecule has 28 heavy (non-hydrogen) atoms. The third-order valence-corrected chi connectivity index (χ3v) is 5.11. The molecule has 5 nitrogen and oxygen atoms in total. The molecule has 3 heterocycles. The molecule has 0 aromatic carbocycles. The first-order valence-corrected chi connectivity index (χ1v) is 10.2. The molecule has 0 amide bonds. The summed E-state index contributed by atoms with van der Waals surface area (Å²) >= 11 is 7.60. The predicted molar refractivity (Wildman–Crippen MR) is 127 cm³/mol. The molecule has 0 fully saturated rings. The lowest BCUT2D eigenvalue weighted by Crippen LogP contribution is -2.39. The van der Waals surface area contributed by atoms with Crippen molar-refractivity contribution >= 4 is 52.9 Å². The zero-order valence-electron chi connectivity index (χ0n) is 15.4. The van der Waals surface area contributed by atoms with E-state index in [4.69, 9.17) is 21.0 Å². The fourth-order valence-electron chi connectivity index (χ4n) is 2.55. The van der Waals surface area contributed by atoms with Crippen molar-refractivity contribution in [2.75, 3.05) is 19.6 Å². The van der Waals surface area contributed by atoms with Gasteiger partial charge in [-0.05, 0) is 41.6 Å². The van der Waals surface area contributed by atoms with Crippen LogP contribution >= 0.6 is 46.9 Å². The van der Waals surface area contributed by atoms with Gasteiger partial charge in [0.1, 0.15) is 10.9 Å². The molecular weight excluding hydrogens is 507 g/mol. The molecule has 0 saturated carbocycles. The van der Waals surface area contributed by atoms with Gasteiger partial charge in [0.25, 0.3) is 0 Å². The maximum atomic E-state index is 5.83. The second kappa shape index (κ2) is 12.8. The summed E-state index contributed by atoms with van der Waals surface area (Å²) in [5, 5.41) is 9.39. The normalized spacial score (nSPS) is 11.1. The Morgan fingerprint density at radius 2 is 1.93 bits per heavy atom. The molecule has 0 radical (unpaired) electrons. The molecule has 0 unspecified atom stereocenters. The highest BCUT2D eigenvalue weighted by Gasteiger charge is 2.02. The first-order chi connectivity index (χ1) is 13.3. The van der Waals surface area contributed by atoms with E-state index in [1.807, 2.05) is 30.5 Å². The molecule has 3 rings (SSSR count). The van der Waals surface area contributed by atoms with Crippen LogP contribution in [0.3, 0.4) is 0 Å². The number of hydrogen-bond donors (Lipinski definition) is 2. The first kappa shape index (κ1) is 22.7. The minimum Gasteiger partial charge on any atom is -0.469 e. The number of thiophene rings is 1. The summed E-state index contributed by atoms with van der Waals surface area (Å²) in [6.45, 7) is 2.29. The molecule has 0 aliphatic heterocycles. The van der Waals surface area contributed by atoms with Crippen molar-refractivity contribution in [3.8, 4) is 0 Å². The Labute approximate surface area is 191 Å². The van der Waals surface area contributed by atoms with Crippen molar-refractivity contribution in [3.05, 3.63) is 75.6 Å². The van der Waals surface area contributed by atoms with Crippen molar-refractivity contribution in [1.29, 1.82) is 0 Å². The number of guanidine groups is 1. The second-order valence-electron chi connectivity index (χ2n) is 5.98. The lowest BCUT2D eigenvalue weighted by molar-refractivity contribution is 0.506. The minimum atomic E-state index is 0. The Kier molecular flexibility index (Phi) is 10.4. The van der Waals surface area contributed by atoms with Gasteiger partial charge in [0.05, 0.1) is 6.26 Å². The number of nitrogens with one attached hydrogen (secondary N) is 2. The SMILES string of the molecule is Clc1ccc(CCNC(=NCCc2cccs2)NCCc2ccco2)cn1.I. The average molecular weight is 531 g/mol. The predicted octanol–water partition coefficient (Wildman–Crippen LogP) is 4.57. The van der Waals surface area contributed by atoms with Gasteiger partial charge in [-0.15, -0.1) is 35.3 Å². The highest BCUT2D eigenvalue weighted by molar-refractivity contribution is 14.0. The topological polar surface area (TPSA) is 62.5 Å². The minimum absolute atomic E-state index is 0. The number of aliphatic imine (C=N–C) groups is 1. The lowest BCUT2D eigenvalue weighted by Gasteiger charge is -2.12. The van der Waals surface area contributed by atoms with Crippen molar-refractivity contribution in [2.24, 2.45) is 4.99 Å². The zero-order chi connectivity index (χ0) is 18.7. The van der Waals surface area contributed by atoms with Crippen molar-refractivity contribution in [2.45, 2.75) is 19.3 Å². The van der Waals surface area contributed by atoms with Crippen LogP contribution < -0.4 is 10.6 Å². The van der Waals surface area contributed by atoms with Crippen LogP contribution in [0.15, 0.2) is 63.6 Å². The van der Waals surface area contributed by atoms with Crippen molar-refractivity contribution in [3.63, 3.8) is 0 Å². The van der Waals surface area contributed by atoms with E-state index in [1.54, 1.807) is 17.6 Å². The molecule has 8 heteroatoms. The van der Waals surface area contributed by atoms with E-state index in [2.05, 4.69) is 33.1 Å². The number of rotatable bonds is 9. The van der Waals surface area contributed by atoms with Gasteiger partial charge in [-0.3, -0.25) is 4.99 Å². The molecule has 0 atom stereocenters. The Morgan fingerprint density at radius 3 is 2.61 bits per heavy atom. The van der Waals surface area contributed by atoms with Gasteiger partial charge in [0.2, 0.25) is 0 Å². The number of pyridine rings is 1. The van der Waals surface area contributed by atoms with Crippen LogP contribution in [0, 0.1) is 0 Å². The van der Waals surface area contributed by atoms with Crippen LogP contribution in [-0.4, -0.2) is 30.6 Å².